The third kappa shape index (κ3) is 7.19. The molecule has 0 aliphatic carbocycles. The quantitative estimate of drug-likeness (QED) is 0.644. The van der Waals surface area contributed by atoms with Gasteiger partial charge in [0.25, 0.3) is 0 Å². The summed E-state index contributed by atoms with van der Waals surface area (Å²) in [6.45, 7) is 3.29. The van der Waals surface area contributed by atoms with Crippen LogP contribution in [0.2, 0.25) is 0 Å². The van der Waals surface area contributed by atoms with Gasteiger partial charge in [0.2, 0.25) is 5.91 Å². The van der Waals surface area contributed by atoms with Gasteiger partial charge in [0.05, 0.1) is 20.3 Å². The van der Waals surface area contributed by atoms with Crippen molar-refractivity contribution >= 4 is 12.0 Å². The summed E-state index contributed by atoms with van der Waals surface area (Å²) in [5.41, 5.74) is 0. The molecule has 0 aromatic rings. The second-order valence-corrected chi connectivity index (χ2v) is 3.39. The van der Waals surface area contributed by atoms with Crippen LogP contribution < -0.4 is 5.32 Å². The van der Waals surface area contributed by atoms with E-state index in [-0.39, 0.29) is 13.2 Å². The first-order valence-electron chi connectivity index (χ1n) is 5.35. The average molecular weight is 232 g/mol. The summed E-state index contributed by atoms with van der Waals surface area (Å²) in [4.78, 5) is 23.9. The molecule has 0 heterocycles. The molecule has 0 atom stereocenters. The number of unbranched alkanes of at least 4 members (excludes halogenated alkanes) is 1. The standard InChI is InChI=1S/C10H20N2O4/c1-3-4-5-12(6-7-13)8-9(14)11-10(15)16-2/h13H,3-8H2,1-2H3,(H,11,14,15). The molecule has 0 unspecified atom stereocenters. The van der Waals surface area contributed by atoms with Crippen molar-refractivity contribution in [3.8, 4) is 0 Å². The molecule has 16 heavy (non-hydrogen) atoms. The highest BCUT2D eigenvalue weighted by molar-refractivity contribution is 5.92. The molecular weight excluding hydrogens is 212 g/mol. The van der Waals surface area contributed by atoms with Crippen LogP contribution in [0.25, 0.3) is 0 Å². The minimum atomic E-state index is -0.760. The number of hydrogen-bond acceptors (Lipinski definition) is 5. The van der Waals surface area contributed by atoms with E-state index in [4.69, 9.17) is 5.11 Å². The van der Waals surface area contributed by atoms with Crippen molar-refractivity contribution in [2.75, 3.05) is 33.4 Å². The number of aliphatic hydroxyl groups is 1. The summed E-state index contributed by atoms with van der Waals surface area (Å²) >= 11 is 0. The summed E-state index contributed by atoms with van der Waals surface area (Å²) in [5, 5.41) is 10.9. The van der Waals surface area contributed by atoms with Gasteiger partial charge < -0.3 is 9.84 Å². The van der Waals surface area contributed by atoms with Crippen molar-refractivity contribution in [2.24, 2.45) is 0 Å². The zero-order valence-corrected chi connectivity index (χ0v) is 9.86. The van der Waals surface area contributed by atoms with Gasteiger partial charge in [-0.3, -0.25) is 15.0 Å². The number of nitrogens with one attached hydrogen (secondary N) is 1. The van der Waals surface area contributed by atoms with Crippen LogP contribution in [-0.2, 0) is 9.53 Å². The number of carbonyl (C=O) groups is 2. The SMILES string of the molecule is CCCCN(CCO)CC(=O)NC(=O)OC. The maximum absolute atomic E-state index is 11.3. The predicted octanol–water partition coefficient (Wildman–Crippen LogP) is -0.0366. The van der Waals surface area contributed by atoms with Crippen LogP contribution in [0.4, 0.5) is 4.79 Å². The average Bonchev–Trinajstić information content (AvgIpc) is 2.25. The van der Waals surface area contributed by atoms with Gasteiger partial charge in [-0.05, 0) is 13.0 Å². The highest BCUT2D eigenvalue weighted by atomic mass is 16.5. The van der Waals surface area contributed by atoms with Crippen LogP contribution in [0.3, 0.4) is 0 Å². The Kier molecular flexibility index (Phi) is 8.46. The van der Waals surface area contributed by atoms with Gasteiger partial charge in [0.15, 0.2) is 0 Å². The van der Waals surface area contributed by atoms with Crippen LogP contribution in [0.5, 0.6) is 0 Å². The topological polar surface area (TPSA) is 78.9 Å². The maximum atomic E-state index is 11.3. The Hall–Kier alpha value is -1.14. The summed E-state index contributed by atoms with van der Waals surface area (Å²) in [7, 11) is 1.20. The zero-order valence-electron chi connectivity index (χ0n) is 9.86. The van der Waals surface area contributed by atoms with E-state index in [9.17, 15) is 9.59 Å². The summed E-state index contributed by atoms with van der Waals surface area (Å²) in [6, 6.07) is 0. The van der Waals surface area contributed by atoms with E-state index in [1.165, 1.54) is 7.11 Å². The molecule has 0 rings (SSSR count). The summed E-state index contributed by atoms with van der Waals surface area (Å²) in [5.74, 6) is -0.420. The molecule has 6 heteroatoms. The van der Waals surface area contributed by atoms with E-state index < -0.39 is 12.0 Å². The molecule has 0 aliphatic rings. The second kappa shape index (κ2) is 9.11. The van der Waals surface area contributed by atoms with E-state index in [1.54, 1.807) is 4.90 Å². The molecular formula is C10H20N2O4. The fraction of sp³-hybridized carbons (Fsp3) is 0.800. The largest absolute Gasteiger partial charge is 0.453 e. The molecule has 0 spiro atoms. The smallest absolute Gasteiger partial charge is 0.413 e. The molecule has 0 aliphatic heterocycles. The summed E-state index contributed by atoms with van der Waals surface area (Å²) < 4.78 is 4.30. The number of ether oxygens (including phenoxy) is 1. The van der Waals surface area contributed by atoms with Crippen LogP contribution in [-0.4, -0.2) is 55.4 Å². The zero-order chi connectivity index (χ0) is 12.4. The number of rotatable bonds is 7. The van der Waals surface area contributed by atoms with Gasteiger partial charge in [-0.1, -0.05) is 13.3 Å². The second-order valence-electron chi connectivity index (χ2n) is 3.39. The van der Waals surface area contributed by atoms with Crippen molar-refractivity contribution in [1.82, 2.24) is 10.2 Å². The number of methoxy groups -OCH3 is 1. The summed E-state index contributed by atoms with van der Waals surface area (Å²) in [6.07, 6.45) is 1.20. The van der Waals surface area contributed by atoms with E-state index >= 15 is 0 Å². The van der Waals surface area contributed by atoms with Crippen molar-refractivity contribution < 1.29 is 19.4 Å². The molecule has 0 saturated carbocycles. The van der Waals surface area contributed by atoms with Gasteiger partial charge in [0.1, 0.15) is 0 Å². The fourth-order valence-electron chi connectivity index (χ4n) is 1.20. The number of alkyl carbamates (subject to hydrolysis) is 1. The van der Waals surface area contributed by atoms with Gasteiger partial charge in [-0.2, -0.15) is 0 Å². The molecule has 6 nitrogen and oxygen atoms in total. The predicted molar refractivity (Wildman–Crippen MR) is 59.0 cm³/mol. The lowest BCUT2D eigenvalue weighted by Gasteiger charge is -2.19. The van der Waals surface area contributed by atoms with Gasteiger partial charge >= 0.3 is 6.09 Å². The van der Waals surface area contributed by atoms with E-state index in [0.717, 1.165) is 19.4 Å². The van der Waals surface area contributed by atoms with Crippen molar-refractivity contribution in [3.63, 3.8) is 0 Å². The molecule has 94 valence electrons. The Morgan fingerprint density at radius 3 is 2.56 bits per heavy atom. The van der Waals surface area contributed by atoms with Crippen molar-refractivity contribution in [1.29, 1.82) is 0 Å². The van der Waals surface area contributed by atoms with Crippen molar-refractivity contribution in [2.45, 2.75) is 19.8 Å². The molecule has 0 radical (unpaired) electrons. The molecule has 2 N–H and O–H groups in total. The monoisotopic (exact) mass is 232 g/mol. The van der Waals surface area contributed by atoms with Crippen LogP contribution in [0.15, 0.2) is 0 Å². The minimum absolute atomic E-state index is 0.00474. The number of amides is 2. The number of carbonyl (C=O) groups excluding carboxylic acids is 2. The number of hydrogen-bond donors (Lipinski definition) is 2. The molecule has 0 fully saturated rings. The first kappa shape index (κ1) is 14.9. The first-order chi connectivity index (χ1) is 7.63. The van der Waals surface area contributed by atoms with Crippen LogP contribution in [0, 0.1) is 0 Å². The Morgan fingerprint density at radius 1 is 1.38 bits per heavy atom. The number of aliphatic hydroxyl groups excluding tert-OH is 1. The number of imide groups is 1. The van der Waals surface area contributed by atoms with Gasteiger partial charge in [0, 0.05) is 6.54 Å². The number of nitrogens with zero attached hydrogens (tertiary/aromatic N) is 1. The Morgan fingerprint density at radius 2 is 2.06 bits per heavy atom. The fourth-order valence-corrected chi connectivity index (χ4v) is 1.20. The molecule has 0 aromatic carbocycles. The van der Waals surface area contributed by atoms with Crippen LogP contribution >= 0.6 is 0 Å². The van der Waals surface area contributed by atoms with E-state index in [1.807, 2.05) is 6.92 Å². The van der Waals surface area contributed by atoms with Gasteiger partial charge in [-0.25, -0.2) is 4.79 Å². The Bertz CT molecular complexity index is 221. The lowest BCUT2D eigenvalue weighted by molar-refractivity contribution is -0.121. The van der Waals surface area contributed by atoms with E-state index in [2.05, 4.69) is 10.1 Å². The van der Waals surface area contributed by atoms with E-state index in [0.29, 0.717) is 6.54 Å². The lowest BCUT2D eigenvalue weighted by atomic mass is 10.3. The van der Waals surface area contributed by atoms with Gasteiger partial charge in [-0.15, -0.1) is 0 Å². The molecule has 2 amide bonds. The molecule has 0 aromatic heterocycles. The van der Waals surface area contributed by atoms with Crippen molar-refractivity contribution in [3.05, 3.63) is 0 Å². The maximum Gasteiger partial charge on any atom is 0.413 e. The Balaban J connectivity index is 3.96. The lowest BCUT2D eigenvalue weighted by Crippen LogP contribution is -2.41. The Labute approximate surface area is 95.6 Å². The third-order valence-corrected chi connectivity index (χ3v) is 2.04. The first-order valence-corrected chi connectivity index (χ1v) is 5.35. The third-order valence-electron chi connectivity index (χ3n) is 2.04. The van der Waals surface area contributed by atoms with Crippen LogP contribution in [0.1, 0.15) is 19.8 Å². The molecule has 0 saturated heterocycles. The molecule has 0 bridgehead atoms. The minimum Gasteiger partial charge on any atom is -0.453 e. The highest BCUT2D eigenvalue weighted by Gasteiger charge is 2.12. The highest BCUT2D eigenvalue weighted by Crippen LogP contribution is 1.94. The normalized spacial score (nSPS) is 10.2.